The van der Waals surface area contributed by atoms with Gasteiger partial charge in [-0.15, -0.1) is 0 Å². The van der Waals surface area contributed by atoms with Gasteiger partial charge < -0.3 is 15.1 Å². The maximum absolute atomic E-state index is 3.56. The minimum atomic E-state index is 0.922. The molecule has 0 saturated heterocycles. The summed E-state index contributed by atoms with van der Waals surface area (Å²) in [7, 11) is 6.36. The van der Waals surface area contributed by atoms with Crippen LogP contribution >= 0.6 is 15.9 Å². The second-order valence-electron chi connectivity index (χ2n) is 4.78. The molecule has 0 unspecified atom stereocenters. The molecule has 0 heterocycles. The molecule has 0 bridgehead atoms. The molecule has 1 rings (SSSR count). The summed E-state index contributed by atoms with van der Waals surface area (Å²) >= 11 is 3.56. The minimum absolute atomic E-state index is 0.922. The molecule has 0 spiro atoms. The number of hydrogen-bond acceptors (Lipinski definition) is 3. The van der Waals surface area contributed by atoms with E-state index in [-0.39, 0.29) is 0 Å². The molecule has 0 saturated carbocycles. The molecule has 0 aliphatic rings. The Morgan fingerprint density at radius 3 is 2.50 bits per heavy atom. The fourth-order valence-corrected chi connectivity index (χ4v) is 2.12. The van der Waals surface area contributed by atoms with E-state index < -0.39 is 0 Å². The standard InChI is InChI=1S/C14H24BrN3/c1-5-16-11-12-6-7-13(15)10-14(12)18(4)9-8-17(2)3/h6-7,10,16H,5,8-9,11H2,1-4H3. The van der Waals surface area contributed by atoms with E-state index in [0.717, 1.165) is 30.7 Å². The lowest BCUT2D eigenvalue weighted by Crippen LogP contribution is -2.29. The molecule has 1 aromatic carbocycles. The van der Waals surface area contributed by atoms with Crippen molar-refractivity contribution in [1.82, 2.24) is 10.2 Å². The van der Waals surface area contributed by atoms with Crippen molar-refractivity contribution >= 4 is 21.6 Å². The van der Waals surface area contributed by atoms with Gasteiger partial charge in [0.25, 0.3) is 0 Å². The van der Waals surface area contributed by atoms with Gasteiger partial charge in [0.2, 0.25) is 0 Å². The van der Waals surface area contributed by atoms with Gasteiger partial charge in [-0.3, -0.25) is 0 Å². The smallest absolute Gasteiger partial charge is 0.0421 e. The van der Waals surface area contributed by atoms with Crippen LogP contribution in [0.5, 0.6) is 0 Å². The zero-order valence-electron chi connectivity index (χ0n) is 11.8. The third-order valence-electron chi connectivity index (χ3n) is 2.91. The lowest BCUT2D eigenvalue weighted by atomic mass is 10.1. The lowest BCUT2D eigenvalue weighted by molar-refractivity contribution is 0.416. The summed E-state index contributed by atoms with van der Waals surface area (Å²) in [5, 5.41) is 3.39. The molecule has 102 valence electrons. The Labute approximate surface area is 119 Å². The van der Waals surface area contributed by atoms with Crippen LogP contribution in [0.3, 0.4) is 0 Å². The van der Waals surface area contributed by atoms with Gasteiger partial charge in [-0.1, -0.05) is 28.9 Å². The van der Waals surface area contributed by atoms with E-state index in [1.54, 1.807) is 0 Å². The predicted octanol–water partition coefficient (Wildman–Crippen LogP) is 2.56. The first-order valence-electron chi connectivity index (χ1n) is 6.39. The van der Waals surface area contributed by atoms with Crippen LogP contribution in [-0.4, -0.2) is 45.7 Å². The minimum Gasteiger partial charge on any atom is -0.373 e. The van der Waals surface area contributed by atoms with Crippen molar-refractivity contribution in [2.24, 2.45) is 0 Å². The maximum Gasteiger partial charge on any atom is 0.0421 e. The van der Waals surface area contributed by atoms with Gasteiger partial charge in [0.05, 0.1) is 0 Å². The van der Waals surface area contributed by atoms with Gasteiger partial charge in [0.1, 0.15) is 0 Å². The Morgan fingerprint density at radius 1 is 1.17 bits per heavy atom. The fraction of sp³-hybridized carbons (Fsp3) is 0.571. The molecule has 1 N–H and O–H groups in total. The van der Waals surface area contributed by atoms with Gasteiger partial charge in [0.15, 0.2) is 0 Å². The Morgan fingerprint density at radius 2 is 1.89 bits per heavy atom. The zero-order chi connectivity index (χ0) is 13.5. The van der Waals surface area contributed by atoms with Gasteiger partial charge in [-0.25, -0.2) is 0 Å². The molecular weight excluding hydrogens is 290 g/mol. The Kier molecular flexibility index (Phi) is 6.68. The predicted molar refractivity (Wildman–Crippen MR) is 83.3 cm³/mol. The molecule has 4 heteroatoms. The van der Waals surface area contributed by atoms with Crippen LogP contribution in [0.4, 0.5) is 5.69 Å². The van der Waals surface area contributed by atoms with Crippen molar-refractivity contribution in [2.75, 3.05) is 45.7 Å². The maximum atomic E-state index is 3.56. The molecule has 0 amide bonds. The number of halogens is 1. The fourth-order valence-electron chi connectivity index (χ4n) is 1.77. The van der Waals surface area contributed by atoms with Gasteiger partial charge >= 0.3 is 0 Å². The van der Waals surface area contributed by atoms with Crippen LogP contribution in [0.25, 0.3) is 0 Å². The average molecular weight is 314 g/mol. The second-order valence-corrected chi connectivity index (χ2v) is 5.69. The summed E-state index contributed by atoms with van der Waals surface area (Å²) in [5.41, 5.74) is 2.65. The highest BCUT2D eigenvalue weighted by Crippen LogP contribution is 2.24. The van der Waals surface area contributed by atoms with E-state index in [4.69, 9.17) is 0 Å². The number of hydrogen-bond donors (Lipinski definition) is 1. The van der Waals surface area contributed by atoms with Gasteiger partial charge in [-0.05, 0) is 38.3 Å². The number of anilines is 1. The first-order chi connectivity index (χ1) is 8.54. The number of nitrogens with zero attached hydrogens (tertiary/aromatic N) is 2. The summed E-state index contributed by atoms with van der Waals surface area (Å²) in [6, 6.07) is 6.49. The van der Waals surface area contributed by atoms with Gasteiger partial charge in [-0.2, -0.15) is 0 Å². The van der Waals surface area contributed by atoms with E-state index in [2.05, 4.69) is 77.3 Å². The van der Waals surface area contributed by atoms with Crippen molar-refractivity contribution < 1.29 is 0 Å². The number of likely N-dealkylation sites (N-methyl/N-ethyl adjacent to an activating group) is 2. The lowest BCUT2D eigenvalue weighted by Gasteiger charge is -2.24. The number of nitrogens with one attached hydrogen (secondary N) is 1. The third-order valence-corrected chi connectivity index (χ3v) is 3.40. The molecule has 1 aromatic rings. The van der Waals surface area contributed by atoms with Crippen molar-refractivity contribution in [3.05, 3.63) is 28.2 Å². The Balaban J connectivity index is 2.79. The van der Waals surface area contributed by atoms with Crippen LogP contribution in [-0.2, 0) is 6.54 Å². The molecule has 0 aromatic heterocycles. The molecule has 0 radical (unpaired) electrons. The van der Waals surface area contributed by atoms with Crippen LogP contribution in [0, 0.1) is 0 Å². The monoisotopic (exact) mass is 313 g/mol. The van der Waals surface area contributed by atoms with Crippen molar-refractivity contribution in [2.45, 2.75) is 13.5 Å². The van der Waals surface area contributed by atoms with E-state index in [0.29, 0.717) is 0 Å². The highest BCUT2D eigenvalue weighted by molar-refractivity contribution is 9.10. The quantitative estimate of drug-likeness (QED) is 0.834. The van der Waals surface area contributed by atoms with E-state index >= 15 is 0 Å². The first kappa shape index (κ1) is 15.5. The number of rotatable bonds is 7. The topological polar surface area (TPSA) is 18.5 Å². The van der Waals surface area contributed by atoms with Crippen molar-refractivity contribution in [1.29, 1.82) is 0 Å². The summed E-state index contributed by atoms with van der Waals surface area (Å²) in [6.07, 6.45) is 0. The van der Waals surface area contributed by atoms with Crippen LogP contribution in [0.15, 0.2) is 22.7 Å². The largest absolute Gasteiger partial charge is 0.373 e. The van der Waals surface area contributed by atoms with Crippen molar-refractivity contribution in [3.8, 4) is 0 Å². The summed E-state index contributed by atoms with van der Waals surface area (Å²) in [4.78, 5) is 4.52. The molecular formula is C14H24BrN3. The van der Waals surface area contributed by atoms with Crippen LogP contribution < -0.4 is 10.2 Å². The molecule has 0 aliphatic carbocycles. The van der Waals surface area contributed by atoms with Crippen LogP contribution in [0.1, 0.15) is 12.5 Å². The third kappa shape index (κ3) is 4.96. The van der Waals surface area contributed by atoms with Crippen molar-refractivity contribution in [3.63, 3.8) is 0 Å². The number of benzene rings is 1. The SMILES string of the molecule is CCNCc1ccc(Br)cc1N(C)CCN(C)C. The molecule has 0 fully saturated rings. The molecule has 0 aliphatic heterocycles. The summed E-state index contributed by atoms with van der Waals surface area (Å²) in [6.45, 7) is 6.14. The van der Waals surface area contributed by atoms with Crippen LogP contribution in [0.2, 0.25) is 0 Å². The summed E-state index contributed by atoms with van der Waals surface area (Å²) in [5.74, 6) is 0. The highest BCUT2D eigenvalue weighted by Gasteiger charge is 2.08. The van der Waals surface area contributed by atoms with E-state index in [9.17, 15) is 0 Å². The van der Waals surface area contributed by atoms with Gasteiger partial charge in [0, 0.05) is 36.8 Å². The molecule has 3 nitrogen and oxygen atoms in total. The van der Waals surface area contributed by atoms with E-state index in [1.165, 1.54) is 11.3 Å². The zero-order valence-corrected chi connectivity index (χ0v) is 13.4. The Bertz CT molecular complexity index is 366. The molecule has 0 atom stereocenters. The highest BCUT2D eigenvalue weighted by atomic mass is 79.9. The van der Waals surface area contributed by atoms with E-state index in [1.807, 2.05) is 0 Å². The Hall–Kier alpha value is -0.580. The summed E-state index contributed by atoms with van der Waals surface area (Å²) < 4.78 is 1.13. The average Bonchev–Trinajstić information content (AvgIpc) is 2.34. The second kappa shape index (κ2) is 7.77. The normalized spacial score (nSPS) is 11.0. The molecule has 18 heavy (non-hydrogen) atoms. The first-order valence-corrected chi connectivity index (χ1v) is 7.19.